The van der Waals surface area contributed by atoms with Crippen molar-refractivity contribution in [3.63, 3.8) is 0 Å². The predicted octanol–water partition coefficient (Wildman–Crippen LogP) is -2.56. The van der Waals surface area contributed by atoms with Gasteiger partial charge in [0.15, 0.2) is 0 Å². The van der Waals surface area contributed by atoms with Gasteiger partial charge in [0.2, 0.25) is 0 Å². The first-order valence-corrected chi connectivity index (χ1v) is 5.54. The van der Waals surface area contributed by atoms with Gasteiger partial charge >= 0.3 is 5.97 Å². The number of nitrogens with one attached hydrogen (secondary N) is 1. The normalized spacial score (nSPS) is 27.5. The third kappa shape index (κ3) is 3.42. The van der Waals surface area contributed by atoms with Crippen molar-refractivity contribution in [2.75, 3.05) is 33.3 Å². The van der Waals surface area contributed by atoms with E-state index >= 15 is 0 Å². The highest BCUT2D eigenvalue weighted by Gasteiger charge is 2.49. The molecule has 0 spiro atoms. The van der Waals surface area contributed by atoms with Crippen LogP contribution in [0.1, 0.15) is 13.8 Å². The molecule has 1 fully saturated rings. The number of rotatable bonds is 4. The lowest BCUT2D eigenvalue weighted by atomic mass is 10.2. The van der Waals surface area contributed by atoms with Crippen LogP contribution in [0.3, 0.4) is 0 Å². The van der Waals surface area contributed by atoms with E-state index in [2.05, 4.69) is 11.9 Å². The molecule has 1 N–H and O–H groups in total. The lowest BCUT2D eigenvalue weighted by molar-refractivity contribution is -1.13. The van der Waals surface area contributed by atoms with Gasteiger partial charge < -0.3 is 22.5 Å². The summed E-state index contributed by atoms with van der Waals surface area (Å²) in [7, 11) is 1.84. The number of quaternary nitrogens is 1. The summed E-state index contributed by atoms with van der Waals surface area (Å²) >= 11 is 0. The predicted molar refractivity (Wildman–Crippen MR) is 60.2 cm³/mol. The minimum atomic E-state index is -0.550. The molecule has 0 aromatic heterocycles. The number of halogens is 1. The Balaban J connectivity index is 0.00000256. The number of carbonyl (C=O) groups is 1. The summed E-state index contributed by atoms with van der Waals surface area (Å²) in [6, 6.07) is 0. The van der Waals surface area contributed by atoms with Gasteiger partial charge in [-0.1, -0.05) is 6.58 Å². The van der Waals surface area contributed by atoms with Gasteiger partial charge in [-0.2, -0.15) is 0 Å². The monoisotopic (exact) mass is 264 g/mol. The molecule has 1 heterocycles. The molecule has 1 aliphatic heterocycles. The van der Waals surface area contributed by atoms with Crippen molar-refractivity contribution in [1.82, 2.24) is 5.32 Å². The molecule has 1 saturated heterocycles. The zero-order chi connectivity index (χ0) is 12.2. The topological polar surface area (TPSA) is 47.6 Å². The van der Waals surface area contributed by atoms with Crippen molar-refractivity contribution in [2.45, 2.75) is 19.6 Å². The van der Waals surface area contributed by atoms with E-state index in [9.17, 15) is 4.79 Å². The van der Waals surface area contributed by atoms with Crippen LogP contribution < -0.4 is 17.7 Å². The Morgan fingerprint density at radius 3 is 2.76 bits per heavy atom. The van der Waals surface area contributed by atoms with Gasteiger partial charge in [0.25, 0.3) is 5.72 Å². The van der Waals surface area contributed by atoms with E-state index < -0.39 is 11.7 Å². The molecule has 1 aliphatic rings. The molecule has 0 aliphatic carbocycles. The fourth-order valence-electron chi connectivity index (χ4n) is 1.75. The summed E-state index contributed by atoms with van der Waals surface area (Å²) in [5.74, 6) is -0.431. The second-order valence-electron chi connectivity index (χ2n) is 4.23. The maximum absolute atomic E-state index is 11.3. The van der Waals surface area contributed by atoms with Crippen LogP contribution in [0.15, 0.2) is 12.7 Å². The first-order valence-electron chi connectivity index (χ1n) is 5.54. The van der Waals surface area contributed by atoms with E-state index in [1.807, 2.05) is 20.9 Å². The highest BCUT2D eigenvalue weighted by molar-refractivity contribution is 5.80. The van der Waals surface area contributed by atoms with Gasteiger partial charge in [0.05, 0.1) is 13.2 Å². The SMILES string of the molecule is C=CC(=O)O[N+](C)(CC)C1(C)CNCCO1.[Cl-]. The highest BCUT2D eigenvalue weighted by atomic mass is 35.5. The zero-order valence-corrected chi connectivity index (χ0v) is 11.4. The molecule has 17 heavy (non-hydrogen) atoms. The second-order valence-corrected chi connectivity index (χ2v) is 4.23. The Hall–Kier alpha value is -0.620. The van der Waals surface area contributed by atoms with Gasteiger partial charge in [0, 0.05) is 19.5 Å². The fraction of sp³-hybridized carbons (Fsp3) is 0.727. The molecule has 2 unspecified atom stereocenters. The molecule has 2 atom stereocenters. The second kappa shape index (κ2) is 6.35. The Morgan fingerprint density at radius 2 is 2.35 bits per heavy atom. The number of carbonyl (C=O) groups excluding carboxylic acids is 1. The maximum atomic E-state index is 11.3. The average Bonchev–Trinajstić information content (AvgIpc) is 2.29. The van der Waals surface area contributed by atoms with Gasteiger partial charge in [-0.25, -0.2) is 4.79 Å². The van der Waals surface area contributed by atoms with E-state index in [4.69, 9.17) is 9.57 Å². The smallest absolute Gasteiger partial charge is 0.389 e. The Kier molecular flexibility index (Phi) is 6.12. The van der Waals surface area contributed by atoms with Gasteiger partial charge in [-0.3, -0.25) is 4.84 Å². The van der Waals surface area contributed by atoms with Crippen molar-refractivity contribution in [2.24, 2.45) is 0 Å². The van der Waals surface area contributed by atoms with Crippen LogP contribution in [0.4, 0.5) is 0 Å². The van der Waals surface area contributed by atoms with Crippen LogP contribution in [0.5, 0.6) is 0 Å². The number of likely N-dealkylation sites (N-methyl/N-ethyl adjacent to an activating group) is 1. The van der Waals surface area contributed by atoms with Crippen molar-refractivity contribution in [3.8, 4) is 0 Å². The standard InChI is InChI=1S/C11H21N2O3.ClH/c1-5-10(14)16-13(4,6-2)11(3)9-12-7-8-15-11;/h5,12H,1,6-9H2,2-4H3;1H/q+1;/p-1. The zero-order valence-electron chi connectivity index (χ0n) is 10.7. The molecule has 100 valence electrons. The summed E-state index contributed by atoms with van der Waals surface area (Å²) in [6.45, 7) is 10.0. The first-order chi connectivity index (χ1) is 7.47. The lowest BCUT2D eigenvalue weighted by Crippen LogP contribution is -3.00. The van der Waals surface area contributed by atoms with Gasteiger partial charge in [0.1, 0.15) is 13.6 Å². The molecule has 0 radical (unpaired) electrons. The molecule has 5 nitrogen and oxygen atoms in total. The number of hydrogen-bond donors (Lipinski definition) is 1. The van der Waals surface area contributed by atoms with Crippen LogP contribution >= 0.6 is 0 Å². The number of nitrogens with zero attached hydrogens (tertiary/aromatic N) is 1. The lowest BCUT2D eigenvalue weighted by Gasteiger charge is -2.45. The summed E-state index contributed by atoms with van der Waals surface area (Å²) in [5.41, 5.74) is -0.550. The fourth-order valence-corrected chi connectivity index (χ4v) is 1.75. The molecule has 0 aromatic carbocycles. The third-order valence-corrected chi connectivity index (χ3v) is 3.21. The van der Waals surface area contributed by atoms with E-state index in [-0.39, 0.29) is 17.1 Å². The van der Waals surface area contributed by atoms with Gasteiger partial charge in [-0.15, -0.1) is 4.65 Å². The molecular formula is C11H21ClN2O3. The van der Waals surface area contributed by atoms with Crippen molar-refractivity contribution < 1.29 is 31.4 Å². The molecule has 0 aromatic rings. The molecule has 0 bridgehead atoms. The van der Waals surface area contributed by atoms with E-state index in [1.165, 1.54) is 6.08 Å². The van der Waals surface area contributed by atoms with E-state index in [1.54, 1.807) is 0 Å². The molecule has 0 saturated carbocycles. The highest BCUT2D eigenvalue weighted by Crippen LogP contribution is 2.26. The average molecular weight is 265 g/mol. The summed E-state index contributed by atoms with van der Waals surface area (Å²) in [5, 5.41) is 3.25. The summed E-state index contributed by atoms with van der Waals surface area (Å²) < 4.78 is 5.85. The number of hydroxylamine groups is 3. The van der Waals surface area contributed by atoms with Crippen molar-refractivity contribution in [3.05, 3.63) is 12.7 Å². The largest absolute Gasteiger partial charge is 1.00 e. The van der Waals surface area contributed by atoms with Crippen LogP contribution in [-0.4, -0.2) is 49.6 Å². The maximum Gasteiger partial charge on any atom is 0.389 e. The Labute approximate surface area is 109 Å². The molecule has 6 heteroatoms. The van der Waals surface area contributed by atoms with Gasteiger partial charge in [-0.05, 0) is 6.92 Å². The number of morpholine rings is 1. The van der Waals surface area contributed by atoms with E-state index in [0.717, 1.165) is 6.54 Å². The van der Waals surface area contributed by atoms with Crippen molar-refractivity contribution >= 4 is 5.97 Å². The molecule has 1 rings (SSSR count). The van der Waals surface area contributed by atoms with E-state index in [0.29, 0.717) is 19.7 Å². The summed E-state index contributed by atoms with van der Waals surface area (Å²) in [4.78, 5) is 16.7. The molecular weight excluding hydrogens is 244 g/mol. The van der Waals surface area contributed by atoms with Crippen LogP contribution in [0.2, 0.25) is 0 Å². The van der Waals surface area contributed by atoms with Crippen LogP contribution in [-0.2, 0) is 14.4 Å². The number of ether oxygens (including phenoxy) is 1. The Bertz CT molecular complexity index is 280. The summed E-state index contributed by atoms with van der Waals surface area (Å²) in [6.07, 6.45) is 1.17. The Morgan fingerprint density at radius 1 is 1.71 bits per heavy atom. The first kappa shape index (κ1) is 16.4. The van der Waals surface area contributed by atoms with Crippen LogP contribution in [0, 0.1) is 0 Å². The minimum absolute atomic E-state index is 0. The third-order valence-electron chi connectivity index (χ3n) is 3.21. The van der Waals surface area contributed by atoms with Crippen molar-refractivity contribution in [1.29, 1.82) is 0 Å². The van der Waals surface area contributed by atoms with Crippen LogP contribution in [0.25, 0.3) is 0 Å². The quantitative estimate of drug-likeness (QED) is 0.345. The minimum Gasteiger partial charge on any atom is -1.00 e. The molecule has 0 amide bonds. The number of hydrogen-bond acceptors (Lipinski definition) is 4.